The largest absolute Gasteiger partial charge is 0.487 e. The summed E-state index contributed by atoms with van der Waals surface area (Å²) in [5.41, 5.74) is 3.46. The lowest BCUT2D eigenvalue weighted by molar-refractivity contribution is 0.102. The third-order valence-corrected chi connectivity index (χ3v) is 5.25. The van der Waals surface area contributed by atoms with Crippen molar-refractivity contribution in [1.29, 1.82) is 0 Å². The van der Waals surface area contributed by atoms with E-state index in [4.69, 9.17) is 9.47 Å². The second-order valence-corrected chi connectivity index (χ2v) is 7.10. The number of carbonyl (C=O) groups excluding carboxylic acids is 1. The summed E-state index contributed by atoms with van der Waals surface area (Å²) in [5.74, 6) is 0.479. The van der Waals surface area contributed by atoms with Crippen LogP contribution in [0.2, 0.25) is 0 Å². The van der Waals surface area contributed by atoms with Crippen LogP contribution in [0.5, 0.6) is 5.75 Å². The van der Waals surface area contributed by atoms with Crippen molar-refractivity contribution < 1.29 is 19.4 Å². The summed E-state index contributed by atoms with van der Waals surface area (Å²) < 4.78 is 12.9. The van der Waals surface area contributed by atoms with E-state index in [1.807, 2.05) is 12.1 Å². The molecule has 9 nitrogen and oxygen atoms in total. The van der Waals surface area contributed by atoms with Crippen molar-refractivity contribution in [3.8, 4) is 5.75 Å². The number of ether oxygens (including phenoxy) is 2. The highest BCUT2D eigenvalue weighted by atomic mass is 16.5. The highest BCUT2D eigenvalue weighted by Crippen LogP contribution is 2.39. The number of anilines is 2. The maximum Gasteiger partial charge on any atom is 0.261 e. The molecule has 1 unspecified atom stereocenters. The number of aliphatic hydroxyl groups is 1. The number of aliphatic hydroxyl groups excluding tert-OH is 1. The SMILES string of the molecule is O=C(Nc1cc2c(cc1N1CCOCC1)OC(CO)C2)c1cnn2cccnc12. The van der Waals surface area contributed by atoms with E-state index in [1.165, 1.54) is 6.20 Å². The Labute approximate surface area is 166 Å². The van der Waals surface area contributed by atoms with Crippen molar-refractivity contribution in [1.82, 2.24) is 14.6 Å². The Bertz CT molecular complexity index is 1060. The zero-order valence-corrected chi connectivity index (χ0v) is 15.7. The van der Waals surface area contributed by atoms with Gasteiger partial charge < -0.3 is 24.8 Å². The lowest BCUT2D eigenvalue weighted by Crippen LogP contribution is -2.36. The number of aromatic nitrogens is 3. The first-order valence-corrected chi connectivity index (χ1v) is 9.60. The molecule has 1 aromatic carbocycles. The summed E-state index contributed by atoms with van der Waals surface area (Å²) in [4.78, 5) is 19.5. The van der Waals surface area contributed by atoms with E-state index in [0.717, 1.165) is 30.1 Å². The molecule has 1 amide bonds. The van der Waals surface area contributed by atoms with Crippen molar-refractivity contribution in [2.75, 3.05) is 43.1 Å². The zero-order chi connectivity index (χ0) is 19.8. The summed E-state index contributed by atoms with van der Waals surface area (Å²) in [6.45, 7) is 2.66. The predicted octanol–water partition coefficient (Wildman–Crippen LogP) is 1.11. The minimum absolute atomic E-state index is 0.0443. The fraction of sp³-hybridized carbons (Fsp3) is 0.350. The lowest BCUT2D eigenvalue weighted by Gasteiger charge is -2.31. The van der Waals surface area contributed by atoms with Gasteiger partial charge in [-0.05, 0) is 12.1 Å². The highest BCUT2D eigenvalue weighted by molar-refractivity contribution is 6.09. The summed E-state index contributed by atoms with van der Waals surface area (Å²) in [6, 6.07) is 5.64. The smallest absolute Gasteiger partial charge is 0.261 e. The topological polar surface area (TPSA) is 101 Å². The first-order chi connectivity index (χ1) is 14.2. The van der Waals surface area contributed by atoms with E-state index in [9.17, 15) is 9.90 Å². The Hall–Kier alpha value is -3.17. The second kappa shape index (κ2) is 7.34. The molecule has 2 aliphatic rings. The van der Waals surface area contributed by atoms with Gasteiger partial charge in [-0.25, -0.2) is 9.50 Å². The van der Waals surface area contributed by atoms with Gasteiger partial charge in [0, 0.05) is 43.5 Å². The van der Waals surface area contributed by atoms with Gasteiger partial charge in [0.2, 0.25) is 0 Å². The Morgan fingerprint density at radius 3 is 3.00 bits per heavy atom. The van der Waals surface area contributed by atoms with Gasteiger partial charge in [-0.1, -0.05) is 0 Å². The van der Waals surface area contributed by atoms with Crippen LogP contribution in [-0.4, -0.2) is 64.6 Å². The Balaban J connectivity index is 1.50. The van der Waals surface area contributed by atoms with Gasteiger partial charge in [0.15, 0.2) is 5.65 Å². The van der Waals surface area contributed by atoms with Gasteiger partial charge in [-0.3, -0.25) is 4.79 Å². The molecule has 2 aromatic heterocycles. The fourth-order valence-electron chi connectivity index (χ4n) is 3.79. The molecule has 0 bridgehead atoms. The molecular formula is C20H21N5O4. The molecule has 0 saturated carbocycles. The van der Waals surface area contributed by atoms with Crippen LogP contribution in [0.25, 0.3) is 5.65 Å². The minimum Gasteiger partial charge on any atom is -0.487 e. The molecule has 29 heavy (non-hydrogen) atoms. The van der Waals surface area contributed by atoms with Gasteiger partial charge in [-0.2, -0.15) is 5.10 Å². The monoisotopic (exact) mass is 395 g/mol. The van der Waals surface area contributed by atoms with Crippen molar-refractivity contribution >= 4 is 22.9 Å². The van der Waals surface area contributed by atoms with Crippen LogP contribution < -0.4 is 15.0 Å². The van der Waals surface area contributed by atoms with E-state index in [0.29, 0.717) is 36.5 Å². The molecule has 1 atom stereocenters. The molecule has 2 N–H and O–H groups in total. The summed E-state index contributed by atoms with van der Waals surface area (Å²) in [5, 5.41) is 16.7. The second-order valence-electron chi connectivity index (χ2n) is 7.10. The molecule has 2 aliphatic heterocycles. The van der Waals surface area contributed by atoms with Crippen molar-refractivity contribution in [2.24, 2.45) is 0 Å². The quantitative estimate of drug-likeness (QED) is 0.682. The van der Waals surface area contributed by atoms with Crippen LogP contribution in [-0.2, 0) is 11.2 Å². The van der Waals surface area contributed by atoms with Crippen molar-refractivity contribution in [2.45, 2.75) is 12.5 Å². The van der Waals surface area contributed by atoms with Gasteiger partial charge in [0.25, 0.3) is 5.91 Å². The molecule has 0 spiro atoms. The molecule has 1 saturated heterocycles. The number of hydrogen-bond donors (Lipinski definition) is 2. The van der Waals surface area contributed by atoms with Gasteiger partial charge in [0.05, 0.1) is 37.4 Å². The number of fused-ring (bicyclic) bond motifs is 2. The van der Waals surface area contributed by atoms with E-state index in [2.05, 4.69) is 20.3 Å². The molecule has 5 rings (SSSR count). The zero-order valence-electron chi connectivity index (χ0n) is 15.7. The van der Waals surface area contributed by atoms with Crippen molar-refractivity contribution in [3.05, 3.63) is 47.9 Å². The van der Waals surface area contributed by atoms with Crippen molar-refractivity contribution in [3.63, 3.8) is 0 Å². The molecule has 150 valence electrons. The number of morpholine rings is 1. The molecule has 3 aromatic rings. The van der Waals surface area contributed by atoms with Gasteiger partial charge in [-0.15, -0.1) is 0 Å². The Morgan fingerprint density at radius 1 is 1.31 bits per heavy atom. The number of amides is 1. The molecule has 1 fully saturated rings. The number of nitrogens with zero attached hydrogens (tertiary/aromatic N) is 4. The highest BCUT2D eigenvalue weighted by Gasteiger charge is 2.27. The first-order valence-electron chi connectivity index (χ1n) is 9.60. The summed E-state index contributed by atoms with van der Waals surface area (Å²) in [6.07, 6.45) is 5.26. The lowest BCUT2D eigenvalue weighted by atomic mass is 10.1. The van der Waals surface area contributed by atoms with Crippen LogP contribution in [0.1, 0.15) is 15.9 Å². The number of benzene rings is 1. The van der Waals surface area contributed by atoms with Crippen LogP contribution in [0.3, 0.4) is 0 Å². The average Bonchev–Trinajstić information content (AvgIpc) is 3.37. The molecule has 9 heteroatoms. The maximum absolute atomic E-state index is 13.0. The van der Waals surface area contributed by atoms with Gasteiger partial charge >= 0.3 is 0 Å². The van der Waals surface area contributed by atoms with E-state index in [-0.39, 0.29) is 18.6 Å². The van der Waals surface area contributed by atoms with E-state index >= 15 is 0 Å². The van der Waals surface area contributed by atoms with E-state index in [1.54, 1.807) is 23.0 Å². The van der Waals surface area contributed by atoms with E-state index < -0.39 is 0 Å². The third-order valence-electron chi connectivity index (χ3n) is 5.25. The molecule has 4 heterocycles. The normalized spacial score (nSPS) is 18.5. The Kier molecular flexibility index (Phi) is 4.53. The predicted molar refractivity (Wildman–Crippen MR) is 106 cm³/mol. The number of carbonyl (C=O) groups is 1. The van der Waals surface area contributed by atoms with Gasteiger partial charge in [0.1, 0.15) is 17.4 Å². The summed E-state index contributed by atoms with van der Waals surface area (Å²) >= 11 is 0. The summed E-state index contributed by atoms with van der Waals surface area (Å²) in [7, 11) is 0. The number of hydrogen-bond acceptors (Lipinski definition) is 7. The average molecular weight is 395 g/mol. The fourth-order valence-corrected chi connectivity index (χ4v) is 3.79. The van der Waals surface area contributed by atoms with Crippen LogP contribution >= 0.6 is 0 Å². The third kappa shape index (κ3) is 3.28. The first kappa shape index (κ1) is 17.9. The number of rotatable bonds is 4. The van der Waals surface area contributed by atoms with Crippen LogP contribution in [0, 0.1) is 0 Å². The molecule has 0 radical (unpaired) electrons. The minimum atomic E-state index is -0.272. The Morgan fingerprint density at radius 2 is 2.17 bits per heavy atom. The standard InChI is InChI=1S/C20H21N5O4/c26-12-14-8-13-9-16(17(10-18(13)29-14)24-4-6-28-7-5-24)23-20(27)15-11-22-25-3-1-2-21-19(15)25/h1-3,9-11,14,26H,4-8,12H2,(H,23,27). The molecular weight excluding hydrogens is 374 g/mol. The van der Waals surface area contributed by atoms with Crippen LogP contribution in [0.15, 0.2) is 36.8 Å². The van der Waals surface area contributed by atoms with Crippen LogP contribution in [0.4, 0.5) is 11.4 Å². The molecule has 0 aliphatic carbocycles. The maximum atomic E-state index is 13.0. The number of nitrogens with one attached hydrogen (secondary N) is 1.